The van der Waals surface area contributed by atoms with Crippen LogP contribution in [0.2, 0.25) is 0 Å². The van der Waals surface area contributed by atoms with E-state index < -0.39 is 0 Å². The highest BCUT2D eigenvalue weighted by molar-refractivity contribution is 7.99. The van der Waals surface area contributed by atoms with Crippen LogP contribution in [-0.2, 0) is 10.3 Å². The first-order valence-electron chi connectivity index (χ1n) is 7.13. The molecule has 0 bridgehead atoms. The van der Waals surface area contributed by atoms with Crippen LogP contribution in [0, 0.1) is 0 Å². The predicted octanol–water partition coefficient (Wildman–Crippen LogP) is 2.22. The van der Waals surface area contributed by atoms with E-state index in [1.54, 1.807) is 4.68 Å². The number of carbonyl (C=O) groups is 1. The van der Waals surface area contributed by atoms with Crippen LogP contribution in [0.5, 0.6) is 0 Å². The predicted molar refractivity (Wildman–Crippen MR) is 80.7 cm³/mol. The number of amides is 1. The van der Waals surface area contributed by atoms with Crippen LogP contribution in [0.1, 0.15) is 53.4 Å². The van der Waals surface area contributed by atoms with Gasteiger partial charge in [-0.2, -0.15) is 0 Å². The van der Waals surface area contributed by atoms with E-state index in [0.717, 1.165) is 13.0 Å². The molecule has 7 heteroatoms. The minimum atomic E-state index is -0.178. The highest BCUT2D eigenvalue weighted by Gasteiger charge is 2.20. The monoisotopic (exact) mass is 299 g/mol. The molecule has 1 aromatic heterocycles. The lowest BCUT2D eigenvalue weighted by Gasteiger charge is -2.19. The number of thioether (sulfide) groups is 1. The van der Waals surface area contributed by atoms with Gasteiger partial charge >= 0.3 is 0 Å². The summed E-state index contributed by atoms with van der Waals surface area (Å²) in [6, 6.07) is 0. The molecular weight excluding hydrogens is 274 g/mol. The van der Waals surface area contributed by atoms with E-state index in [4.69, 9.17) is 0 Å². The molecular formula is C13H25N5OS. The Labute approximate surface area is 125 Å². The van der Waals surface area contributed by atoms with E-state index in [1.165, 1.54) is 31.0 Å². The van der Waals surface area contributed by atoms with Crippen LogP contribution in [-0.4, -0.2) is 38.4 Å². The average molecular weight is 299 g/mol. The van der Waals surface area contributed by atoms with Crippen LogP contribution >= 0.6 is 11.8 Å². The summed E-state index contributed by atoms with van der Waals surface area (Å²) in [5.74, 6) is 0.388. The molecule has 0 aromatic carbocycles. The molecule has 1 N–H and O–H groups in total. The number of nitrogens with one attached hydrogen (secondary N) is 1. The Balaban J connectivity index is 2.29. The van der Waals surface area contributed by atoms with Gasteiger partial charge in [0.05, 0.1) is 11.3 Å². The van der Waals surface area contributed by atoms with Gasteiger partial charge in [0.15, 0.2) is 0 Å². The van der Waals surface area contributed by atoms with Gasteiger partial charge in [-0.05, 0) is 37.6 Å². The first kappa shape index (κ1) is 16.9. The fourth-order valence-electron chi connectivity index (χ4n) is 1.65. The van der Waals surface area contributed by atoms with Gasteiger partial charge < -0.3 is 5.32 Å². The van der Waals surface area contributed by atoms with Crippen LogP contribution in [0.3, 0.4) is 0 Å². The summed E-state index contributed by atoms with van der Waals surface area (Å²) in [6.45, 7) is 9.02. The van der Waals surface area contributed by atoms with Gasteiger partial charge in [0.2, 0.25) is 11.1 Å². The molecule has 1 amide bonds. The molecule has 0 aliphatic carbocycles. The second-order valence-corrected chi connectivity index (χ2v) is 6.69. The zero-order chi connectivity index (χ0) is 15.0. The Bertz CT molecular complexity index is 413. The molecule has 1 heterocycles. The Kier molecular flexibility index (Phi) is 6.98. The topological polar surface area (TPSA) is 72.7 Å². The lowest BCUT2D eigenvalue weighted by molar-refractivity contribution is -0.118. The number of tetrazole rings is 1. The van der Waals surface area contributed by atoms with E-state index in [0.29, 0.717) is 10.9 Å². The summed E-state index contributed by atoms with van der Waals surface area (Å²) in [5, 5.41) is 15.2. The maximum atomic E-state index is 11.7. The van der Waals surface area contributed by atoms with Gasteiger partial charge in [-0.3, -0.25) is 4.79 Å². The van der Waals surface area contributed by atoms with Crippen molar-refractivity contribution in [3.05, 3.63) is 0 Å². The molecule has 114 valence electrons. The molecule has 0 spiro atoms. The minimum absolute atomic E-state index is 0.0370. The maximum absolute atomic E-state index is 11.7. The number of hydrogen-bond donors (Lipinski definition) is 1. The first-order valence-corrected chi connectivity index (χ1v) is 8.12. The van der Waals surface area contributed by atoms with Crippen molar-refractivity contribution in [1.29, 1.82) is 0 Å². The molecule has 0 radical (unpaired) electrons. The van der Waals surface area contributed by atoms with Crippen LogP contribution in [0.4, 0.5) is 0 Å². The van der Waals surface area contributed by atoms with E-state index in [9.17, 15) is 4.79 Å². The SMILES string of the molecule is CCCCCCNC(=O)CSc1nnnn1C(C)(C)C. The van der Waals surface area contributed by atoms with Crippen molar-refractivity contribution >= 4 is 17.7 Å². The van der Waals surface area contributed by atoms with Gasteiger partial charge in [0.25, 0.3) is 0 Å². The standard InChI is InChI=1S/C13H25N5OS/c1-5-6-7-8-9-14-11(19)10-20-12-15-16-17-18(12)13(2,3)4/h5-10H2,1-4H3,(H,14,19). The molecule has 0 aliphatic rings. The summed E-state index contributed by atoms with van der Waals surface area (Å²) >= 11 is 1.37. The molecule has 1 aromatic rings. The largest absolute Gasteiger partial charge is 0.355 e. The van der Waals surface area contributed by atoms with Crippen molar-refractivity contribution in [1.82, 2.24) is 25.5 Å². The molecule has 1 rings (SSSR count). The quantitative estimate of drug-likeness (QED) is 0.588. The molecule has 0 saturated carbocycles. The Morgan fingerprint density at radius 2 is 2.05 bits per heavy atom. The highest BCUT2D eigenvalue weighted by Crippen LogP contribution is 2.20. The molecule has 20 heavy (non-hydrogen) atoms. The Hall–Kier alpha value is -1.11. The molecule has 0 saturated heterocycles. The summed E-state index contributed by atoms with van der Waals surface area (Å²) in [5.41, 5.74) is -0.178. The lowest BCUT2D eigenvalue weighted by Crippen LogP contribution is -2.27. The number of rotatable bonds is 8. The van der Waals surface area contributed by atoms with Crippen molar-refractivity contribution in [2.45, 2.75) is 64.1 Å². The number of carbonyl (C=O) groups excluding carboxylic acids is 1. The first-order chi connectivity index (χ1) is 9.45. The van der Waals surface area contributed by atoms with Crippen molar-refractivity contribution in [3.8, 4) is 0 Å². The summed E-state index contributed by atoms with van der Waals surface area (Å²) in [6.07, 6.45) is 4.65. The van der Waals surface area contributed by atoms with Crippen LogP contribution in [0.15, 0.2) is 5.16 Å². The van der Waals surface area contributed by atoms with Gasteiger partial charge in [-0.1, -0.05) is 37.9 Å². The third-order valence-electron chi connectivity index (χ3n) is 2.76. The van der Waals surface area contributed by atoms with Gasteiger partial charge in [-0.15, -0.1) is 5.10 Å². The molecule has 0 atom stereocenters. The van der Waals surface area contributed by atoms with Crippen LogP contribution < -0.4 is 5.32 Å². The molecule has 0 unspecified atom stereocenters. The third-order valence-corrected chi connectivity index (χ3v) is 3.68. The van der Waals surface area contributed by atoms with E-state index in [-0.39, 0.29) is 11.4 Å². The normalized spacial score (nSPS) is 11.6. The average Bonchev–Trinajstić information content (AvgIpc) is 2.84. The fraction of sp³-hybridized carbons (Fsp3) is 0.846. The van der Waals surface area contributed by atoms with Crippen LogP contribution in [0.25, 0.3) is 0 Å². The number of hydrogen-bond acceptors (Lipinski definition) is 5. The summed E-state index contributed by atoms with van der Waals surface area (Å²) in [7, 11) is 0. The number of aromatic nitrogens is 4. The zero-order valence-corrected chi connectivity index (χ0v) is 13.7. The second kappa shape index (κ2) is 8.24. The van der Waals surface area contributed by atoms with Crippen molar-refractivity contribution in [2.24, 2.45) is 0 Å². The van der Waals surface area contributed by atoms with Crippen molar-refractivity contribution in [3.63, 3.8) is 0 Å². The van der Waals surface area contributed by atoms with Gasteiger partial charge in [0, 0.05) is 6.54 Å². The van der Waals surface area contributed by atoms with Gasteiger partial charge in [-0.25, -0.2) is 4.68 Å². The molecule has 6 nitrogen and oxygen atoms in total. The van der Waals surface area contributed by atoms with Crippen molar-refractivity contribution < 1.29 is 4.79 Å². The molecule has 0 aliphatic heterocycles. The Morgan fingerprint density at radius 3 is 2.70 bits per heavy atom. The zero-order valence-electron chi connectivity index (χ0n) is 12.8. The minimum Gasteiger partial charge on any atom is -0.355 e. The summed E-state index contributed by atoms with van der Waals surface area (Å²) < 4.78 is 1.74. The highest BCUT2D eigenvalue weighted by atomic mass is 32.2. The number of unbranched alkanes of at least 4 members (excludes halogenated alkanes) is 3. The van der Waals surface area contributed by atoms with E-state index in [1.807, 2.05) is 20.8 Å². The van der Waals surface area contributed by atoms with E-state index >= 15 is 0 Å². The number of nitrogens with zero attached hydrogens (tertiary/aromatic N) is 4. The van der Waals surface area contributed by atoms with Crippen molar-refractivity contribution in [2.75, 3.05) is 12.3 Å². The smallest absolute Gasteiger partial charge is 0.230 e. The molecule has 0 fully saturated rings. The van der Waals surface area contributed by atoms with E-state index in [2.05, 4.69) is 27.8 Å². The second-order valence-electron chi connectivity index (χ2n) is 5.74. The Morgan fingerprint density at radius 1 is 1.30 bits per heavy atom. The maximum Gasteiger partial charge on any atom is 0.230 e. The van der Waals surface area contributed by atoms with Gasteiger partial charge in [0.1, 0.15) is 0 Å². The third kappa shape index (κ3) is 5.90. The fourth-order valence-corrected chi connectivity index (χ4v) is 2.54. The summed E-state index contributed by atoms with van der Waals surface area (Å²) in [4.78, 5) is 11.7. The lowest BCUT2D eigenvalue weighted by atomic mass is 10.1.